The third kappa shape index (κ3) is 10.0. The van der Waals surface area contributed by atoms with Crippen LogP contribution in [-0.2, 0) is 19.4 Å². The Hall–Kier alpha value is -2.00. The van der Waals surface area contributed by atoms with E-state index in [1.807, 2.05) is 0 Å². The van der Waals surface area contributed by atoms with Crippen LogP contribution < -0.4 is 10.6 Å². The average Bonchev–Trinajstić information content (AvgIpc) is 2.59. The maximum absolute atomic E-state index is 12.8. The van der Waals surface area contributed by atoms with Crippen LogP contribution in [0.1, 0.15) is 26.7 Å². The summed E-state index contributed by atoms with van der Waals surface area (Å²) in [5.41, 5.74) is 0.286. The summed E-state index contributed by atoms with van der Waals surface area (Å²) in [6, 6.07) is 4.95. The van der Waals surface area contributed by atoms with Crippen molar-refractivity contribution >= 4 is 27.3 Å². The van der Waals surface area contributed by atoms with Crippen molar-refractivity contribution in [2.75, 3.05) is 43.0 Å². The zero-order valence-electron chi connectivity index (χ0n) is 15.8. The van der Waals surface area contributed by atoms with Gasteiger partial charge in [-0.25, -0.2) is 12.8 Å². The summed E-state index contributed by atoms with van der Waals surface area (Å²) in [7, 11) is -3.88. The number of anilines is 1. The van der Waals surface area contributed by atoms with Gasteiger partial charge >= 0.3 is 0 Å². The predicted molar refractivity (Wildman–Crippen MR) is 104 cm³/mol. The van der Waals surface area contributed by atoms with Crippen LogP contribution >= 0.6 is 0 Å². The van der Waals surface area contributed by atoms with Gasteiger partial charge in [0.05, 0.1) is 0 Å². The number of unbranched alkanes of at least 4 members (excludes halogenated alkanes) is 1. The highest BCUT2D eigenvalue weighted by Crippen LogP contribution is 2.08. The van der Waals surface area contributed by atoms with E-state index in [2.05, 4.69) is 29.4 Å². The molecule has 9 heteroatoms. The minimum atomic E-state index is -3.88. The Morgan fingerprint density at radius 3 is 2.19 bits per heavy atom. The summed E-state index contributed by atoms with van der Waals surface area (Å²) in [5, 5.41) is 4.93. The predicted octanol–water partition coefficient (Wildman–Crippen LogP) is 1.42. The molecule has 0 atom stereocenters. The molecule has 1 aromatic carbocycles. The summed E-state index contributed by atoms with van der Waals surface area (Å²) < 4.78 is 36.7. The van der Waals surface area contributed by atoms with Crippen LogP contribution in [0.25, 0.3) is 0 Å². The van der Waals surface area contributed by atoms with Crippen molar-refractivity contribution in [1.29, 1.82) is 0 Å². The molecule has 2 amide bonds. The molecule has 0 aliphatic heterocycles. The second-order valence-corrected chi connectivity index (χ2v) is 8.24. The van der Waals surface area contributed by atoms with Gasteiger partial charge in [0, 0.05) is 12.2 Å². The highest BCUT2D eigenvalue weighted by molar-refractivity contribution is 7.92. The van der Waals surface area contributed by atoms with Gasteiger partial charge in [-0.3, -0.25) is 9.59 Å². The first-order chi connectivity index (χ1) is 12.8. The molecule has 152 valence electrons. The Morgan fingerprint density at radius 2 is 1.59 bits per heavy atom. The lowest BCUT2D eigenvalue weighted by molar-refractivity contribution is -0.118. The quantitative estimate of drug-likeness (QED) is 0.517. The van der Waals surface area contributed by atoms with Gasteiger partial charge in [-0.05, 0) is 56.7 Å². The number of sulfone groups is 1. The fourth-order valence-electron chi connectivity index (χ4n) is 2.46. The first-order valence-electron chi connectivity index (χ1n) is 9.00. The summed E-state index contributed by atoms with van der Waals surface area (Å²) in [5.74, 6) is -3.39. The van der Waals surface area contributed by atoms with Crippen LogP contribution in [0, 0.1) is 5.82 Å². The van der Waals surface area contributed by atoms with Crippen molar-refractivity contribution in [2.24, 2.45) is 0 Å². The largest absolute Gasteiger partial charge is 0.355 e. The Balaban J connectivity index is 2.31. The molecule has 7 nitrogen and oxygen atoms in total. The van der Waals surface area contributed by atoms with E-state index < -0.39 is 39.0 Å². The van der Waals surface area contributed by atoms with Gasteiger partial charge in [0.25, 0.3) is 0 Å². The molecule has 0 fully saturated rings. The van der Waals surface area contributed by atoms with Crippen LogP contribution in [0.5, 0.6) is 0 Å². The highest BCUT2D eigenvalue weighted by Gasteiger charge is 2.20. The normalized spacial score (nSPS) is 11.4. The van der Waals surface area contributed by atoms with Crippen LogP contribution in [0.2, 0.25) is 0 Å². The second-order valence-electron chi connectivity index (χ2n) is 6.17. The van der Waals surface area contributed by atoms with Crippen LogP contribution in [0.4, 0.5) is 10.1 Å². The number of nitrogens with one attached hydrogen (secondary N) is 2. The molecule has 27 heavy (non-hydrogen) atoms. The minimum absolute atomic E-state index is 0.286. The van der Waals surface area contributed by atoms with E-state index in [1.54, 1.807) is 0 Å². The summed E-state index contributed by atoms with van der Waals surface area (Å²) >= 11 is 0. The van der Waals surface area contributed by atoms with Crippen LogP contribution in [0.15, 0.2) is 24.3 Å². The molecular formula is C18H28FN3O4S. The third-order valence-electron chi connectivity index (χ3n) is 3.95. The average molecular weight is 402 g/mol. The number of hydrogen-bond donors (Lipinski definition) is 2. The number of benzene rings is 1. The molecule has 0 aromatic heterocycles. The highest BCUT2D eigenvalue weighted by atomic mass is 32.2. The van der Waals surface area contributed by atoms with E-state index in [9.17, 15) is 22.4 Å². The molecule has 0 spiro atoms. The number of rotatable bonds is 12. The van der Waals surface area contributed by atoms with Gasteiger partial charge in [0.15, 0.2) is 9.84 Å². The van der Waals surface area contributed by atoms with Gasteiger partial charge in [-0.15, -0.1) is 0 Å². The van der Waals surface area contributed by atoms with E-state index in [-0.39, 0.29) is 5.69 Å². The second kappa shape index (κ2) is 11.7. The number of nitrogens with zero attached hydrogens (tertiary/aromatic N) is 1. The molecule has 0 bridgehead atoms. The summed E-state index contributed by atoms with van der Waals surface area (Å²) in [6.07, 6.45) is 1.67. The lowest BCUT2D eigenvalue weighted by atomic mass is 10.3. The van der Waals surface area contributed by atoms with Gasteiger partial charge in [-0.2, -0.15) is 0 Å². The third-order valence-corrected chi connectivity index (χ3v) is 5.35. The molecule has 2 N–H and O–H groups in total. The van der Waals surface area contributed by atoms with Crippen molar-refractivity contribution in [3.8, 4) is 0 Å². The lowest BCUT2D eigenvalue weighted by Gasteiger charge is -2.17. The van der Waals surface area contributed by atoms with E-state index in [0.29, 0.717) is 6.54 Å². The Morgan fingerprint density at radius 1 is 1.00 bits per heavy atom. The molecule has 0 saturated heterocycles. The SMILES string of the molecule is CCN(CC)CCCCNC(=O)CS(=O)(=O)CC(=O)Nc1ccc(F)cc1. The molecule has 1 aromatic rings. The van der Waals surface area contributed by atoms with Gasteiger partial charge in [0.2, 0.25) is 11.8 Å². The molecule has 0 saturated carbocycles. The molecule has 0 radical (unpaired) electrons. The molecule has 1 rings (SSSR count). The number of halogens is 1. The lowest BCUT2D eigenvalue weighted by Crippen LogP contribution is -2.34. The van der Waals surface area contributed by atoms with Gasteiger partial charge < -0.3 is 15.5 Å². The Kier molecular flexibility index (Phi) is 9.95. The van der Waals surface area contributed by atoms with Crippen LogP contribution in [0.3, 0.4) is 0 Å². The van der Waals surface area contributed by atoms with Gasteiger partial charge in [-0.1, -0.05) is 13.8 Å². The molecule has 0 aliphatic carbocycles. The maximum atomic E-state index is 12.8. The zero-order valence-corrected chi connectivity index (χ0v) is 16.6. The van der Waals surface area contributed by atoms with Gasteiger partial charge in [0.1, 0.15) is 17.3 Å². The number of amides is 2. The first kappa shape index (κ1) is 23.0. The summed E-state index contributed by atoms with van der Waals surface area (Å²) in [6.45, 7) is 7.45. The van der Waals surface area contributed by atoms with E-state index in [4.69, 9.17) is 0 Å². The fraction of sp³-hybridized carbons (Fsp3) is 0.556. The molecule has 0 heterocycles. The molecule has 0 aliphatic rings. The van der Waals surface area contributed by atoms with Crippen molar-refractivity contribution in [2.45, 2.75) is 26.7 Å². The van der Waals surface area contributed by atoms with E-state index in [1.165, 1.54) is 12.1 Å². The van der Waals surface area contributed by atoms with Crippen molar-refractivity contribution in [3.63, 3.8) is 0 Å². The van der Waals surface area contributed by atoms with Crippen molar-refractivity contribution in [1.82, 2.24) is 10.2 Å². The standard InChI is InChI=1S/C18H28FN3O4S/c1-3-22(4-2)12-6-5-11-20-17(23)13-27(25,26)14-18(24)21-16-9-7-15(19)8-10-16/h7-10H,3-6,11-14H2,1-2H3,(H,20,23)(H,21,24). The first-order valence-corrected chi connectivity index (χ1v) is 10.8. The minimum Gasteiger partial charge on any atom is -0.355 e. The maximum Gasteiger partial charge on any atom is 0.239 e. The monoisotopic (exact) mass is 401 g/mol. The Labute approximate surface area is 160 Å². The zero-order chi connectivity index (χ0) is 20.3. The molecule has 0 unspecified atom stereocenters. The van der Waals surface area contributed by atoms with Crippen LogP contribution in [-0.4, -0.2) is 62.8 Å². The van der Waals surface area contributed by atoms with E-state index in [0.717, 1.165) is 44.6 Å². The number of carbonyl (C=O) groups excluding carboxylic acids is 2. The topological polar surface area (TPSA) is 95.6 Å². The van der Waals surface area contributed by atoms with Crippen molar-refractivity contribution in [3.05, 3.63) is 30.1 Å². The van der Waals surface area contributed by atoms with Crippen molar-refractivity contribution < 1.29 is 22.4 Å². The number of hydrogen-bond acceptors (Lipinski definition) is 5. The smallest absolute Gasteiger partial charge is 0.239 e. The summed E-state index contributed by atoms with van der Waals surface area (Å²) in [4.78, 5) is 25.8. The fourth-order valence-corrected chi connectivity index (χ4v) is 3.54. The van der Waals surface area contributed by atoms with E-state index >= 15 is 0 Å². The number of carbonyl (C=O) groups is 2. The molecular weight excluding hydrogens is 373 g/mol. The Bertz CT molecular complexity index is 704.